The number of rotatable bonds is 2. The lowest BCUT2D eigenvalue weighted by Gasteiger charge is -2.19. The van der Waals surface area contributed by atoms with Crippen molar-refractivity contribution in [2.75, 3.05) is 6.54 Å². The highest BCUT2D eigenvalue weighted by atomic mass is 16.5. The van der Waals surface area contributed by atoms with Crippen LogP contribution < -0.4 is 5.32 Å². The lowest BCUT2D eigenvalue weighted by atomic mass is 10.1. The molecule has 3 heterocycles. The summed E-state index contributed by atoms with van der Waals surface area (Å²) in [6.45, 7) is 3.04. The van der Waals surface area contributed by atoms with Crippen molar-refractivity contribution in [3.8, 4) is 11.4 Å². The monoisotopic (exact) mass is 244 g/mol. The van der Waals surface area contributed by atoms with Crippen LogP contribution in [0.1, 0.15) is 36.8 Å². The molecular formula is C13H16N4O. The van der Waals surface area contributed by atoms with E-state index in [1.165, 1.54) is 12.8 Å². The summed E-state index contributed by atoms with van der Waals surface area (Å²) >= 11 is 0. The average Bonchev–Trinajstić information content (AvgIpc) is 2.90. The van der Waals surface area contributed by atoms with Gasteiger partial charge in [0.05, 0.1) is 6.04 Å². The molecular weight excluding hydrogens is 228 g/mol. The molecule has 1 fully saturated rings. The highest BCUT2D eigenvalue weighted by Gasteiger charge is 2.21. The summed E-state index contributed by atoms with van der Waals surface area (Å²) in [6, 6.07) is 2.15. The predicted molar refractivity (Wildman–Crippen MR) is 66.9 cm³/mol. The first-order chi connectivity index (χ1) is 8.84. The Kier molecular flexibility index (Phi) is 3.06. The third kappa shape index (κ3) is 2.13. The van der Waals surface area contributed by atoms with Crippen molar-refractivity contribution < 1.29 is 4.52 Å². The number of pyridine rings is 1. The first-order valence-electron chi connectivity index (χ1n) is 6.32. The number of aromatic nitrogens is 3. The molecule has 1 atom stereocenters. The maximum absolute atomic E-state index is 5.36. The topological polar surface area (TPSA) is 63.8 Å². The van der Waals surface area contributed by atoms with Gasteiger partial charge in [0.15, 0.2) is 0 Å². The van der Waals surface area contributed by atoms with Crippen LogP contribution in [0.5, 0.6) is 0 Å². The molecule has 0 aromatic carbocycles. The fraction of sp³-hybridized carbons (Fsp3) is 0.462. The Hall–Kier alpha value is -1.75. The van der Waals surface area contributed by atoms with Gasteiger partial charge in [-0.2, -0.15) is 4.98 Å². The van der Waals surface area contributed by atoms with E-state index in [-0.39, 0.29) is 6.04 Å². The van der Waals surface area contributed by atoms with Crippen LogP contribution in [-0.4, -0.2) is 21.7 Å². The van der Waals surface area contributed by atoms with Crippen molar-refractivity contribution >= 4 is 0 Å². The van der Waals surface area contributed by atoms with Gasteiger partial charge in [-0.05, 0) is 37.9 Å². The fourth-order valence-electron chi connectivity index (χ4n) is 2.25. The van der Waals surface area contributed by atoms with Crippen LogP contribution in [0.25, 0.3) is 11.4 Å². The minimum atomic E-state index is 0.206. The highest BCUT2D eigenvalue weighted by molar-refractivity contribution is 5.57. The van der Waals surface area contributed by atoms with Crippen molar-refractivity contribution in [3.05, 3.63) is 29.9 Å². The van der Waals surface area contributed by atoms with Crippen LogP contribution in [0.3, 0.4) is 0 Å². The molecule has 2 aromatic heterocycles. The second-order valence-electron chi connectivity index (χ2n) is 4.65. The molecule has 1 aliphatic heterocycles. The summed E-state index contributed by atoms with van der Waals surface area (Å²) in [5, 5.41) is 7.46. The first-order valence-corrected chi connectivity index (χ1v) is 6.32. The minimum Gasteiger partial charge on any atom is -0.337 e. The van der Waals surface area contributed by atoms with Crippen LogP contribution in [0, 0.1) is 6.92 Å². The Bertz CT molecular complexity index is 531. The van der Waals surface area contributed by atoms with E-state index >= 15 is 0 Å². The van der Waals surface area contributed by atoms with Crippen LogP contribution in [0.15, 0.2) is 23.0 Å². The zero-order valence-corrected chi connectivity index (χ0v) is 10.4. The Labute approximate surface area is 106 Å². The van der Waals surface area contributed by atoms with E-state index in [1.807, 2.05) is 13.0 Å². The molecule has 0 spiro atoms. The molecule has 1 saturated heterocycles. The molecule has 5 nitrogen and oxygen atoms in total. The van der Waals surface area contributed by atoms with Gasteiger partial charge >= 0.3 is 0 Å². The van der Waals surface area contributed by atoms with Gasteiger partial charge in [-0.15, -0.1) is 0 Å². The van der Waals surface area contributed by atoms with Gasteiger partial charge in [0.1, 0.15) is 0 Å². The summed E-state index contributed by atoms with van der Waals surface area (Å²) in [5.74, 6) is 1.32. The van der Waals surface area contributed by atoms with Gasteiger partial charge in [-0.1, -0.05) is 11.6 Å². The molecule has 0 saturated carbocycles. The lowest BCUT2D eigenvalue weighted by Crippen LogP contribution is -2.26. The fourth-order valence-corrected chi connectivity index (χ4v) is 2.25. The molecule has 1 aliphatic rings. The molecule has 18 heavy (non-hydrogen) atoms. The van der Waals surface area contributed by atoms with E-state index in [4.69, 9.17) is 4.52 Å². The van der Waals surface area contributed by atoms with E-state index < -0.39 is 0 Å². The Morgan fingerprint density at radius 1 is 1.39 bits per heavy atom. The summed E-state index contributed by atoms with van der Waals surface area (Å²) in [7, 11) is 0. The predicted octanol–water partition coefficient (Wildman–Crippen LogP) is 2.25. The SMILES string of the molecule is Cc1ccncc1-c1noc([C@@H]2CCCCN2)n1. The minimum absolute atomic E-state index is 0.206. The average molecular weight is 244 g/mol. The maximum Gasteiger partial charge on any atom is 0.244 e. The van der Waals surface area contributed by atoms with Crippen LogP contribution in [0.4, 0.5) is 0 Å². The molecule has 0 amide bonds. The Morgan fingerprint density at radius 3 is 3.11 bits per heavy atom. The lowest BCUT2D eigenvalue weighted by molar-refractivity contribution is 0.297. The molecule has 0 aliphatic carbocycles. The molecule has 0 radical (unpaired) electrons. The number of piperidine rings is 1. The normalized spacial score (nSPS) is 19.9. The maximum atomic E-state index is 5.36. The molecule has 5 heteroatoms. The molecule has 0 unspecified atom stereocenters. The standard InChI is InChI=1S/C13H16N4O/c1-9-5-7-14-8-10(9)12-16-13(18-17-12)11-4-2-3-6-15-11/h5,7-8,11,15H,2-4,6H2,1H3/t11-/m0/s1. The van der Waals surface area contributed by atoms with Crippen LogP contribution in [-0.2, 0) is 0 Å². The number of aryl methyl sites for hydroxylation is 1. The summed E-state index contributed by atoms with van der Waals surface area (Å²) in [4.78, 5) is 8.59. The molecule has 94 valence electrons. The third-order valence-electron chi connectivity index (χ3n) is 3.33. The van der Waals surface area contributed by atoms with Crippen molar-refractivity contribution in [2.24, 2.45) is 0 Å². The van der Waals surface area contributed by atoms with Crippen molar-refractivity contribution in [1.82, 2.24) is 20.4 Å². The van der Waals surface area contributed by atoms with Crippen LogP contribution >= 0.6 is 0 Å². The van der Waals surface area contributed by atoms with Gasteiger partial charge < -0.3 is 9.84 Å². The second-order valence-corrected chi connectivity index (χ2v) is 4.65. The van der Waals surface area contributed by atoms with Crippen molar-refractivity contribution in [1.29, 1.82) is 0 Å². The number of hydrogen-bond acceptors (Lipinski definition) is 5. The zero-order valence-electron chi connectivity index (χ0n) is 10.4. The summed E-state index contributed by atoms with van der Waals surface area (Å²) < 4.78 is 5.36. The van der Waals surface area contributed by atoms with Crippen LogP contribution in [0.2, 0.25) is 0 Å². The summed E-state index contributed by atoms with van der Waals surface area (Å²) in [5.41, 5.74) is 2.04. The van der Waals surface area contributed by atoms with Gasteiger partial charge in [-0.3, -0.25) is 4.98 Å². The van der Waals surface area contributed by atoms with E-state index in [9.17, 15) is 0 Å². The summed E-state index contributed by atoms with van der Waals surface area (Å²) in [6.07, 6.45) is 7.04. The number of nitrogens with zero attached hydrogens (tertiary/aromatic N) is 3. The Balaban J connectivity index is 1.87. The van der Waals surface area contributed by atoms with Crippen molar-refractivity contribution in [3.63, 3.8) is 0 Å². The quantitative estimate of drug-likeness (QED) is 0.877. The van der Waals surface area contributed by atoms with E-state index in [2.05, 4.69) is 20.4 Å². The number of hydrogen-bond donors (Lipinski definition) is 1. The van der Waals surface area contributed by atoms with Crippen molar-refractivity contribution in [2.45, 2.75) is 32.2 Å². The molecule has 3 rings (SSSR count). The number of nitrogens with one attached hydrogen (secondary N) is 1. The smallest absolute Gasteiger partial charge is 0.244 e. The molecule has 2 aromatic rings. The zero-order chi connectivity index (χ0) is 12.4. The second kappa shape index (κ2) is 4.86. The van der Waals surface area contributed by atoms with Gasteiger partial charge in [0.2, 0.25) is 11.7 Å². The molecule has 0 bridgehead atoms. The Morgan fingerprint density at radius 2 is 2.33 bits per heavy atom. The van der Waals surface area contributed by atoms with E-state index in [0.29, 0.717) is 11.7 Å². The van der Waals surface area contributed by atoms with Gasteiger partial charge in [-0.25, -0.2) is 0 Å². The van der Waals surface area contributed by atoms with E-state index in [1.54, 1.807) is 12.4 Å². The third-order valence-corrected chi connectivity index (χ3v) is 3.33. The largest absolute Gasteiger partial charge is 0.337 e. The highest BCUT2D eigenvalue weighted by Crippen LogP contribution is 2.25. The van der Waals surface area contributed by atoms with Gasteiger partial charge in [0.25, 0.3) is 0 Å². The molecule has 1 N–H and O–H groups in total. The van der Waals surface area contributed by atoms with E-state index in [0.717, 1.165) is 24.1 Å². The first kappa shape index (κ1) is 11.3. The van der Waals surface area contributed by atoms with Gasteiger partial charge in [0, 0.05) is 18.0 Å².